The van der Waals surface area contributed by atoms with E-state index < -0.39 is 64.5 Å². The molecule has 2 aliphatic carbocycles. The summed E-state index contributed by atoms with van der Waals surface area (Å²) in [5, 5.41) is 19.1. The van der Waals surface area contributed by atoms with Crippen molar-refractivity contribution in [1.82, 2.24) is 4.90 Å². The number of aromatic hydroxyl groups is 1. The van der Waals surface area contributed by atoms with Crippen molar-refractivity contribution in [1.29, 1.82) is 0 Å². The molecule has 3 fully saturated rings. The SMILES string of the molecule is COc1cc([C@H]2C3=CC[C@@H]4C(=O)N(CCCC(=O)O)C(=O)[C@@H]4[C@@H]3C[C@H]3C(=O)N(c4ccc(F)c(Cl)c4)C(=O)[C@@]23C)ccc1O. The highest BCUT2D eigenvalue weighted by Gasteiger charge is 2.67. The van der Waals surface area contributed by atoms with E-state index >= 15 is 0 Å². The number of rotatable bonds is 7. The number of carbonyl (C=O) groups excluding carboxylic acids is 4. The predicted octanol–water partition coefficient (Wildman–Crippen LogP) is 4.29. The average Bonchev–Trinajstić information content (AvgIpc) is 3.34. The van der Waals surface area contributed by atoms with E-state index in [0.717, 1.165) is 21.4 Å². The summed E-state index contributed by atoms with van der Waals surface area (Å²) in [7, 11) is 1.39. The van der Waals surface area contributed by atoms with E-state index in [2.05, 4.69) is 0 Å². The summed E-state index contributed by atoms with van der Waals surface area (Å²) in [5.74, 6) is -7.16. The van der Waals surface area contributed by atoms with Gasteiger partial charge in [0.05, 0.1) is 41.0 Å². The number of hydrogen-bond donors (Lipinski definition) is 2. The van der Waals surface area contributed by atoms with Crippen molar-refractivity contribution in [2.45, 2.75) is 38.5 Å². The topological polar surface area (TPSA) is 142 Å². The van der Waals surface area contributed by atoms with Crippen molar-refractivity contribution >= 4 is 46.9 Å². The minimum Gasteiger partial charge on any atom is -0.504 e. The van der Waals surface area contributed by atoms with Gasteiger partial charge in [-0.2, -0.15) is 0 Å². The maximum atomic E-state index is 14.4. The fourth-order valence-corrected chi connectivity index (χ4v) is 7.99. The molecular formula is C32H30ClFN2O8. The van der Waals surface area contributed by atoms with E-state index in [1.165, 1.54) is 25.3 Å². The molecule has 0 unspecified atom stereocenters. The highest BCUT2D eigenvalue weighted by Crippen LogP contribution is 2.64. The maximum Gasteiger partial charge on any atom is 0.303 e. The second-order valence-corrected chi connectivity index (χ2v) is 12.4. The van der Waals surface area contributed by atoms with Crippen LogP contribution in [0.25, 0.3) is 0 Å². The van der Waals surface area contributed by atoms with Crippen molar-refractivity contribution in [3.63, 3.8) is 0 Å². The quantitative estimate of drug-likeness (QED) is 0.343. The van der Waals surface area contributed by atoms with Gasteiger partial charge in [0.15, 0.2) is 11.5 Å². The standard InChI is InChI=1S/C32H30ClFN2O8/c1-32-20(29(41)36(31(32)43)16-6-9-22(34)21(33)13-16)14-19-17(27(32)15-5-10-23(37)24(12-15)44-2)7-8-18-26(19)30(42)35(28(18)40)11-3-4-25(38)39/h5-7,9-10,12-13,18-20,26-27,37H,3-4,8,11,14H2,1-2H3,(H,38,39)/t18-,19+,20-,26-,27-,32+/m0/s1. The number of phenols is 1. The first-order chi connectivity index (χ1) is 20.9. The van der Waals surface area contributed by atoms with Crippen LogP contribution in [-0.2, 0) is 24.0 Å². The second-order valence-electron chi connectivity index (χ2n) is 12.0. The molecule has 2 N–H and O–H groups in total. The van der Waals surface area contributed by atoms with Crippen LogP contribution >= 0.6 is 11.6 Å². The van der Waals surface area contributed by atoms with Crippen LogP contribution in [0, 0.1) is 34.9 Å². The van der Waals surface area contributed by atoms with Crippen molar-refractivity contribution in [3.8, 4) is 11.5 Å². The Bertz CT molecular complexity index is 1660. The molecule has 2 saturated heterocycles. The van der Waals surface area contributed by atoms with Gasteiger partial charge in [-0.05, 0) is 68.0 Å². The molecule has 0 radical (unpaired) electrons. The molecule has 6 atom stereocenters. The van der Waals surface area contributed by atoms with E-state index in [0.29, 0.717) is 5.56 Å². The summed E-state index contributed by atoms with van der Waals surface area (Å²) in [6.45, 7) is 1.69. The van der Waals surface area contributed by atoms with Gasteiger partial charge < -0.3 is 14.9 Å². The highest BCUT2D eigenvalue weighted by molar-refractivity contribution is 6.31. The van der Waals surface area contributed by atoms with E-state index in [1.54, 1.807) is 19.1 Å². The zero-order valence-corrected chi connectivity index (χ0v) is 24.7. The Morgan fingerprint density at radius 1 is 1.09 bits per heavy atom. The number of fused-ring (bicyclic) bond motifs is 4. The zero-order valence-electron chi connectivity index (χ0n) is 24.0. The Morgan fingerprint density at radius 3 is 2.52 bits per heavy atom. The number of halogens is 2. The average molecular weight is 625 g/mol. The van der Waals surface area contributed by atoms with Crippen LogP contribution in [0.15, 0.2) is 48.0 Å². The van der Waals surface area contributed by atoms with Crippen LogP contribution in [-0.4, -0.2) is 58.4 Å². The molecule has 0 spiro atoms. The number of anilines is 1. The van der Waals surface area contributed by atoms with E-state index in [9.17, 15) is 33.5 Å². The third-order valence-electron chi connectivity index (χ3n) is 9.84. The number of benzene rings is 2. The van der Waals surface area contributed by atoms with Gasteiger partial charge in [0.2, 0.25) is 23.6 Å². The first-order valence-corrected chi connectivity index (χ1v) is 14.7. The summed E-state index contributed by atoms with van der Waals surface area (Å²) < 4.78 is 19.4. The lowest BCUT2D eigenvalue weighted by molar-refractivity contribution is -0.142. The smallest absolute Gasteiger partial charge is 0.303 e. The Morgan fingerprint density at radius 2 is 1.84 bits per heavy atom. The van der Waals surface area contributed by atoms with Crippen molar-refractivity contribution in [2.75, 3.05) is 18.6 Å². The molecule has 44 heavy (non-hydrogen) atoms. The third kappa shape index (κ3) is 4.31. The van der Waals surface area contributed by atoms with Gasteiger partial charge in [-0.3, -0.25) is 28.9 Å². The number of nitrogens with zero attached hydrogens (tertiary/aromatic N) is 2. The number of phenolic OH excluding ortho intramolecular Hbond substituents is 1. The molecule has 1 saturated carbocycles. The second kappa shape index (κ2) is 10.7. The monoisotopic (exact) mass is 624 g/mol. The first kappa shape index (κ1) is 29.8. The Balaban J connectivity index is 1.46. The number of carboxylic acids is 1. The van der Waals surface area contributed by atoms with Crippen LogP contribution < -0.4 is 9.64 Å². The summed E-state index contributed by atoms with van der Waals surface area (Å²) >= 11 is 6.03. The van der Waals surface area contributed by atoms with Gasteiger partial charge >= 0.3 is 5.97 Å². The number of carboxylic acid groups (broad SMARTS) is 1. The van der Waals surface area contributed by atoms with E-state index in [-0.39, 0.29) is 60.3 Å². The van der Waals surface area contributed by atoms with Gasteiger partial charge in [0.25, 0.3) is 0 Å². The van der Waals surface area contributed by atoms with Crippen LogP contribution in [0.2, 0.25) is 5.02 Å². The van der Waals surface area contributed by atoms with Gasteiger partial charge in [0, 0.05) is 18.9 Å². The lowest BCUT2D eigenvalue weighted by atomic mass is 9.51. The molecule has 4 amide bonds. The molecule has 0 aromatic heterocycles. The summed E-state index contributed by atoms with van der Waals surface area (Å²) in [6.07, 6.45) is 2.17. The fraction of sp³-hybridized carbons (Fsp3) is 0.406. The number of carbonyl (C=O) groups is 5. The van der Waals surface area contributed by atoms with Crippen molar-refractivity contribution in [2.24, 2.45) is 29.1 Å². The Kier molecular flexibility index (Phi) is 7.27. The molecule has 0 bridgehead atoms. The Labute approximate surface area is 257 Å². The first-order valence-electron chi connectivity index (χ1n) is 14.4. The van der Waals surface area contributed by atoms with E-state index in [1.807, 2.05) is 6.08 Å². The number of hydrogen-bond acceptors (Lipinski definition) is 7. The fourth-order valence-electron chi connectivity index (χ4n) is 7.81. The number of amides is 4. The molecular weight excluding hydrogens is 595 g/mol. The van der Waals surface area contributed by atoms with Gasteiger partial charge in [-0.25, -0.2) is 9.29 Å². The minimum atomic E-state index is -1.35. The molecule has 10 nitrogen and oxygen atoms in total. The molecule has 12 heteroatoms. The lowest BCUT2D eigenvalue weighted by Gasteiger charge is -2.49. The molecule has 2 aliphatic heterocycles. The van der Waals surface area contributed by atoms with E-state index in [4.69, 9.17) is 21.4 Å². The number of allylic oxidation sites excluding steroid dienone is 2. The van der Waals surface area contributed by atoms with Crippen LogP contribution in [0.3, 0.4) is 0 Å². The van der Waals surface area contributed by atoms with Crippen LogP contribution in [0.1, 0.15) is 44.1 Å². The largest absolute Gasteiger partial charge is 0.504 e. The van der Waals surface area contributed by atoms with Crippen LogP contribution in [0.5, 0.6) is 11.5 Å². The van der Waals surface area contributed by atoms with Crippen molar-refractivity contribution in [3.05, 3.63) is 64.5 Å². The molecule has 230 valence electrons. The molecule has 2 aromatic rings. The van der Waals surface area contributed by atoms with Crippen LogP contribution in [0.4, 0.5) is 10.1 Å². The molecule has 6 rings (SSSR count). The maximum absolute atomic E-state index is 14.4. The zero-order chi connectivity index (χ0) is 31.7. The number of methoxy groups -OCH3 is 1. The molecule has 4 aliphatic rings. The van der Waals surface area contributed by atoms with Gasteiger partial charge in [-0.1, -0.05) is 29.3 Å². The summed E-state index contributed by atoms with van der Waals surface area (Å²) in [5.41, 5.74) is 0.0980. The molecule has 2 aromatic carbocycles. The van der Waals surface area contributed by atoms with Gasteiger partial charge in [-0.15, -0.1) is 0 Å². The summed E-state index contributed by atoms with van der Waals surface area (Å²) in [6, 6.07) is 8.31. The highest BCUT2D eigenvalue weighted by atomic mass is 35.5. The molecule has 2 heterocycles. The van der Waals surface area contributed by atoms with Gasteiger partial charge in [0.1, 0.15) is 5.82 Å². The Hall–Kier alpha value is -4.25. The van der Waals surface area contributed by atoms with Crippen molar-refractivity contribution < 1.29 is 43.3 Å². The third-order valence-corrected chi connectivity index (χ3v) is 10.1. The number of likely N-dealkylation sites (tertiary alicyclic amines) is 1. The normalized spacial score (nSPS) is 29.4. The number of aliphatic carboxylic acids is 1. The lowest BCUT2D eigenvalue weighted by Crippen LogP contribution is -2.48. The predicted molar refractivity (Wildman–Crippen MR) is 154 cm³/mol. The number of imide groups is 2. The summed E-state index contributed by atoms with van der Waals surface area (Å²) in [4.78, 5) is 69.0. The number of ether oxygens (including phenoxy) is 1. The minimum absolute atomic E-state index is 0.0186.